The Hall–Kier alpha value is 0.716. The Kier molecular flexibility index (Phi) is 46.0. The molecule has 0 unspecified atom stereocenters. The van der Waals surface area contributed by atoms with Crippen molar-refractivity contribution in [3.05, 3.63) is 39.8 Å². The number of hydrogen-bond donors (Lipinski definition) is 0. The molecule has 0 saturated carbocycles. The second-order valence-corrected chi connectivity index (χ2v) is 5.85. The Morgan fingerprint density at radius 3 is 1.50 bits per heavy atom. The van der Waals surface area contributed by atoms with Crippen LogP contribution in [0.3, 0.4) is 0 Å². The zero-order chi connectivity index (χ0) is 15.4. The van der Waals surface area contributed by atoms with Crippen molar-refractivity contribution in [3.8, 4) is 0 Å². The van der Waals surface area contributed by atoms with Crippen molar-refractivity contribution in [1.82, 2.24) is 0 Å². The topological polar surface area (TPSA) is 71.4 Å². The third-order valence-corrected chi connectivity index (χ3v) is 3.28. The maximum atomic E-state index is 11.7. The van der Waals surface area contributed by atoms with Crippen molar-refractivity contribution < 1.29 is 29.7 Å². The van der Waals surface area contributed by atoms with Gasteiger partial charge in [-0.05, 0) is 0 Å². The SMILES string of the molecule is CCC[NH-].CCC[NH-].CCC[NH-].[F][GeH2][C]1=[C-]CC=C1.[Zr+4]. The Bertz CT molecular complexity index is 187. The number of halogens is 1. The van der Waals surface area contributed by atoms with E-state index in [0.29, 0.717) is 19.6 Å². The molecule has 3 N–H and O–H groups in total. The van der Waals surface area contributed by atoms with Gasteiger partial charge >= 0.3 is 74.7 Å². The molecule has 0 aromatic heterocycles. The standard InChI is InChI=1S/C5H6FGe.3C3H8N.Zr/c6-7-5-3-1-2-4-5;3*1-2-3-4;/h1,3H,2,7H2;3*4H,2-3H2,1H3;/q4*-1;+4. The van der Waals surface area contributed by atoms with Crippen molar-refractivity contribution in [2.45, 2.75) is 46.5 Å². The van der Waals surface area contributed by atoms with E-state index in [4.69, 9.17) is 17.2 Å². The molecule has 6 heteroatoms. The summed E-state index contributed by atoms with van der Waals surface area (Å²) < 4.78 is 12.6. The number of allylic oxidation sites excluding steroid dienone is 4. The minimum absolute atomic E-state index is 0. The van der Waals surface area contributed by atoms with Crippen molar-refractivity contribution in [2.75, 3.05) is 19.6 Å². The summed E-state index contributed by atoms with van der Waals surface area (Å²) in [5.41, 5.74) is 19.4. The molecular weight excluding hydrogens is 393 g/mol. The molecule has 0 fully saturated rings. The second-order valence-electron chi connectivity index (χ2n) is 3.69. The normalized spacial score (nSPS) is 11.2. The minimum atomic E-state index is -1.75. The number of nitrogens with one attached hydrogen (secondary N) is 3. The first-order chi connectivity index (χ1) is 9.17. The van der Waals surface area contributed by atoms with E-state index in [1.165, 1.54) is 0 Å². The summed E-state index contributed by atoms with van der Waals surface area (Å²) in [6.45, 7) is 7.69. The van der Waals surface area contributed by atoms with Crippen LogP contribution in [-0.4, -0.2) is 35.5 Å². The molecule has 0 amide bonds. The molecule has 3 nitrogen and oxygen atoms in total. The molecule has 20 heavy (non-hydrogen) atoms. The zero-order valence-corrected chi connectivity index (χ0v) is 18.6. The van der Waals surface area contributed by atoms with Crippen LogP contribution in [0.5, 0.6) is 0 Å². The first kappa shape index (κ1) is 28.8. The van der Waals surface area contributed by atoms with Crippen LogP contribution in [0.15, 0.2) is 16.6 Å². The molecule has 0 aromatic rings. The van der Waals surface area contributed by atoms with Crippen LogP contribution >= 0.6 is 0 Å². The van der Waals surface area contributed by atoms with E-state index in [9.17, 15) is 3.50 Å². The van der Waals surface area contributed by atoms with Crippen molar-refractivity contribution in [2.24, 2.45) is 0 Å². The number of rotatable bonds is 4. The maximum absolute atomic E-state index is 11.7. The van der Waals surface area contributed by atoms with Gasteiger partial charge in [0.05, 0.1) is 0 Å². The summed E-state index contributed by atoms with van der Waals surface area (Å²) in [6, 6.07) is 0. The average molecular weight is 423 g/mol. The summed E-state index contributed by atoms with van der Waals surface area (Å²) in [4.78, 5) is 0. The van der Waals surface area contributed by atoms with Gasteiger partial charge < -0.3 is 17.2 Å². The van der Waals surface area contributed by atoms with E-state index in [0.717, 1.165) is 30.1 Å². The first-order valence-electron chi connectivity index (χ1n) is 6.94. The minimum Gasteiger partial charge on any atom is 4.00 e. The van der Waals surface area contributed by atoms with Gasteiger partial charge in [0.15, 0.2) is 0 Å². The Labute approximate surface area is 151 Å². The van der Waals surface area contributed by atoms with Gasteiger partial charge in [0.25, 0.3) is 0 Å². The van der Waals surface area contributed by atoms with Gasteiger partial charge in [-0.3, -0.25) is 0 Å². The van der Waals surface area contributed by atoms with Gasteiger partial charge in [0.2, 0.25) is 0 Å². The van der Waals surface area contributed by atoms with E-state index in [1.807, 2.05) is 32.9 Å². The molecule has 1 rings (SSSR count). The van der Waals surface area contributed by atoms with Crippen molar-refractivity contribution in [3.63, 3.8) is 0 Å². The molecule has 0 heterocycles. The third kappa shape index (κ3) is 36.3. The maximum Gasteiger partial charge on any atom is 4.00 e. The number of hydrogen-bond acceptors (Lipinski definition) is 0. The molecule has 0 saturated heterocycles. The molecule has 0 atom stereocenters. The zero-order valence-electron chi connectivity index (χ0n) is 13.2. The van der Waals surface area contributed by atoms with Crippen LogP contribution in [0, 0.1) is 6.08 Å². The van der Waals surface area contributed by atoms with E-state index >= 15 is 0 Å². The van der Waals surface area contributed by atoms with Gasteiger partial charge in [-0.25, -0.2) is 0 Å². The van der Waals surface area contributed by atoms with E-state index < -0.39 is 15.9 Å². The summed E-state index contributed by atoms with van der Waals surface area (Å²) in [7, 11) is 0. The first-order valence-corrected chi connectivity index (χ1v) is 9.54. The quantitative estimate of drug-likeness (QED) is 0.450. The average Bonchev–Trinajstić information content (AvgIpc) is 3.01. The van der Waals surface area contributed by atoms with Gasteiger partial charge in [-0.1, -0.05) is 40.0 Å². The third-order valence-electron chi connectivity index (χ3n) is 1.66. The monoisotopic (exact) mass is 423 g/mol. The van der Waals surface area contributed by atoms with Crippen LogP contribution in [0.2, 0.25) is 0 Å². The molecule has 0 aliphatic heterocycles. The predicted octanol–water partition coefficient (Wildman–Crippen LogP) is 5.03. The Morgan fingerprint density at radius 2 is 1.40 bits per heavy atom. The van der Waals surface area contributed by atoms with Crippen molar-refractivity contribution >= 4 is 15.9 Å². The smallest absolute Gasteiger partial charge is 4.00 e. The molecule has 0 radical (unpaired) electrons. The Balaban J connectivity index is -0.0000000881. The van der Waals surface area contributed by atoms with Gasteiger partial charge in [0, 0.05) is 0 Å². The molecule has 116 valence electrons. The molecular formula is C14H30FGeN3Zr. The summed E-state index contributed by atoms with van der Waals surface area (Å²) in [6.07, 6.45) is 10.5. The summed E-state index contributed by atoms with van der Waals surface area (Å²) >= 11 is -1.75. The van der Waals surface area contributed by atoms with E-state index in [-0.39, 0.29) is 26.2 Å². The van der Waals surface area contributed by atoms with Crippen LogP contribution in [0.1, 0.15) is 46.5 Å². The van der Waals surface area contributed by atoms with Gasteiger partial charge in [0.1, 0.15) is 0 Å². The predicted molar refractivity (Wildman–Crippen MR) is 88.6 cm³/mol. The van der Waals surface area contributed by atoms with Crippen molar-refractivity contribution in [1.29, 1.82) is 0 Å². The molecule has 1 aliphatic rings. The molecule has 0 bridgehead atoms. The fourth-order valence-corrected chi connectivity index (χ4v) is 1.58. The second kappa shape index (κ2) is 31.9. The van der Waals surface area contributed by atoms with Crippen LogP contribution in [0.25, 0.3) is 17.2 Å². The van der Waals surface area contributed by atoms with Crippen LogP contribution in [0.4, 0.5) is 3.50 Å². The van der Waals surface area contributed by atoms with Gasteiger partial charge in [-0.15, -0.1) is 0 Å². The van der Waals surface area contributed by atoms with E-state index in [2.05, 4.69) is 6.08 Å². The molecule has 1 aliphatic carbocycles. The molecule has 0 aromatic carbocycles. The van der Waals surface area contributed by atoms with Gasteiger partial charge in [-0.2, -0.15) is 19.6 Å². The summed E-state index contributed by atoms with van der Waals surface area (Å²) in [5.74, 6) is 0. The van der Waals surface area contributed by atoms with Crippen LogP contribution < -0.4 is 0 Å². The fourth-order valence-electron chi connectivity index (χ4n) is 0.542. The fraction of sp³-hybridized carbons (Fsp3) is 0.714. The molecule has 0 spiro atoms. The summed E-state index contributed by atoms with van der Waals surface area (Å²) in [5, 5.41) is 0. The largest absolute Gasteiger partial charge is 4.00 e. The van der Waals surface area contributed by atoms with E-state index in [1.54, 1.807) is 0 Å². The van der Waals surface area contributed by atoms with Crippen LogP contribution in [-0.2, 0) is 26.2 Å². The Morgan fingerprint density at radius 1 is 1.05 bits per heavy atom.